The minimum Gasteiger partial charge on any atom is -0.444 e. The molecule has 0 saturated heterocycles. The van der Waals surface area contributed by atoms with Crippen LogP contribution in [0.15, 0.2) is 0 Å². The molecule has 1 unspecified atom stereocenters. The summed E-state index contributed by atoms with van der Waals surface area (Å²) in [5.74, 6) is 0. The number of carbonyl (C=O) groups is 1. The van der Waals surface area contributed by atoms with Crippen molar-refractivity contribution in [1.29, 1.82) is 0 Å². The molecule has 0 radical (unpaired) electrons. The molecule has 0 bridgehead atoms. The summed E-state index contributed by atoms with van der Waals surface area (Å²) in [5.41, 5.74) is -0.494. The predicted octanol–water partition coefficient (Wildman–Crippen LogP) is 0.872. The van der Waals surface area contributed by atoms with Crippen LogP contribution in [-0.2, 0) is 4.74 Å². The maximum atomic E-state index is 11.5. The standard InChI is InChI=1S/C11H24N2O3/c1-5-12-8-9(6-7-14)13-10(15)16-11(2,3)4/h9,12,14H,5-8H2,1-4H3,(H,13,15). The third-order valence-electron chi connectivity index (χ3n) is 1.84. The van der Waals surface area contributed by atoms with Gasteiger partial charge in [0.1, 0.15) is 5.60 Å². The molecule has 5 nitrogen and oxygen atoms in total. The molecule has 3 N–H and O–H groups in total. The van der Waals surface area contributed by atoms with Crippen molar-refractivity contribution in [3.63, 3.8) is 0 Å². The molecule has 0 aliphatic rings. The Kier molecular flexibility index (Phi) is 7.08. The Morgan fingerprint density at radius 2 is 2.06 bits per heavy atom. The highest BCUT2D eigenvalue weighted by Crippen LogP contribution is 2.06. The molecule has 16 heavy (non-hydrogen) atoms. The van der Waals surface area contributed by atoms with E-state index in [1.165, 1.54) is 0 Å². The van der Waals surface area contributed by atoms with Gasteiger partial charge in [0.15, 0.2) is 0 Å². The van der Waals surface area contributed by atoms with Crippen molar-refractivity contribution in [3.05, 3.63) is 0 Å². The van der Waals surface area contributed by atoms with Crippen molar-refractivity contribution >= 4 is 6.09 Å². The molecular weight excluding hydrogens is 208 g/mol. The summed E-state index contributed by atoms with van der Waals surface area (Å²) in [5, 5.41) is 14.7. The van der Waals surface area contributed by atoms with E-state index in [-0.39, 0.29) is 12.6 Å². The van der Waals surface area contributed by atoms with Gasteiger partial charge in [-0.1, -0.05) is 6.92 Å². The summed E-state index contributed by atoms with van der Waals surface area (Å²) < 4.78 is 5.14. The summed E-state index contributed by atoms with van der Waals surface area (Å²) in [6, 6.07) is -0.0974. The van der Waals surface area contributed by atoms with Gasteiger partial charge in [-0.2, -0.15) is 0 Å². The maximum Gasteiger partial charge on any atom is 0.407 e. The van der Waals surface area contributed by atoms with Crippen LogP contribution in [0.25, 0.3) is 0 Å². The summed E-state index contributed by atoms with van der Waals surface area (Å²) >= 11 is 0. The topological polar surface area (TPSA) is 70.6 Å². The molecule has 0 aliphatic carbocycles. The summed E-state index contributed by atoms with van der Waals surface area (Å²) in [4.78, 5) is 11.5. The van der Waals surface area contributed by atoms with Gasteiger partial charge in [-0.3, -0.25) is 0 Å². The van der Waals surface area contributed by atoms with Crippen LogP contribution in [0, 0.1) is 0 Å². The second kappa shape index (κ2) is 7.46. The first kappa shape index (κ1) is 15.2. The highest BCUT2D eigenvalue weighted by atomic mass is 16.6. The molecule has 0 aromatic heterocycles. The summed E-state index contributed by atoms with van der Waals surface area (Å²) in [6.45, 7) is 8.96. The van der Waals surface area contributed by atoms with E-state index in [0.717, 1.165) is 6.54 Å². The first-order valence-corrected chi connectivity index (χ1v) is 5.70. The lowest BCUT2D eigenvalue weighted by Crippen LogP contribution is -2.44. The second-order valence-corrected chi connectivity index (χ2v) is 4.66. The molecule has 0 aromatic rings. The van der Waals surface area contributed by atoms with Gasteiger partial charge in [0.2, 0.25) is 0 Å². The van der Waals surface area contributed by atoms with E-state index in [0.29, 0.717) is 13.0 Å². The number of amides is 1. The lowest BCUT2D eigenvalue weighted by Gasteiger charge is -2.23. The number of hydrogen-bond acceptors (Lipinski definition) is 4. The third kappa shape index (κ3) is 8.49. The van der Waals surface area contributed by atoms with Crippen molar-refractivity contribution < 1.29 is 14.6 Å². The van der Waals surface area contributed by atoms with Crippen molar-refractivity contribution in [3.8, 4) is 0 Å². The Labute approximate surface area is 97.6 Å². The number of aliphatic hydroxyl groups is 1. The Morgan fingerprint density at radius 1 is 1.44 bits per heavy atom. The fraction of sp³-hybridized carbons (Fsp3) is 0.909. The van der Waals surface area contributed by atoms with Gasteiger partial charge in [-0.25, -0.2) is 4.79 Å². The Bertz CT molecular complexity index is 202. The number of ether oxygens (including phenoxy) is 1. The predicted molar refractivity (Wildman–Crippen MR) is 63.4 cm³/mol. The lowest BCUT2D eigenvalue weighted by molar-refractivity contribution is 0.0497. The molecule has 96 valence electrons. The Balaban J connectivity index is 4.02. The average molecular weight is 232 g/mol. The molecule has 1 amide bonds. The molecule has 0 fully saturated rings. The van der Waals surface area contributed by atoms with Crippen molar-refractivity contribution in [2.75, 3.05) is 19.7 Å². The molecule has 0 heterocycles. The van der Waals surface area contributed by atoms with Crippen LogP contribution in [0.5, 0.6) is 0 Å². The molecule has 0 saturated carbocycles. The Hall–Kier alpha value is -0.810. The van der Waals surface area contributed by atoms with Gasteiger partial charge < -0.3 is 20.5 Å². The van der Waals surface area contributed by atoms with E-state index in [2.05, 4.69) is 10.6 Å². The monoisotopic (exact) mass is 232 g/mol. The second-order valence-electron chi connectivity index (χ2n) is 4.66. The molecule has 0 spiro atoms. The van der Waals surface area contributed by atoms with Crippen LogP contribution >= 0.6 is 0 Å². The highest BCUT2D eigenvalue weighted by molar-refractivity contribution is 5.68. The van der Waals surface area contributed by atoms with Crippen LogP contribution in [-0.4, -0.2) is 42.5 Å². The largest absolute Gasteiger partial charge is 0.444 e. The van der Waals surface area contributed by atoms with Gasteiger partial charge in [0.05, 0.1) is 0 Å². The molecule has 1 atom stereocenters. The number of aliphatic hydroxyl groups excluding tert-OH is 1. The lowest BCUT2D eigenvalue weighted by atomic mass is 10.2. The number of hydrogen-bond donors (Lipinski definition) is 3. The smallest absolute Gasteiger partial charge is 0.407 e. The number of nitrogens with one attached hydrogen (secondary N) is 2. The molecular formula is C11H24N2O3. The van der Waals surface area contributed by atoms with Crippen molar-refractivity contribution in [1.82, 2.24) is 10.6 Å². The van der Waals surface area contributed by atoms with Gasteiger partial charge in [-0.15, -0.1) is 0 Å². The fourth-order valence-corrected chi connectivity index (χ4v) is 1.17. The number of likely N-dealkylation sites (N-methyl/N-ethyl adjacent to an activating group) is 1. The highest BCUT2D eigenvalue weighted by Gasteiger charge is 2.18. The van der Waals surface area contributed by atoms with E-state index in [4.69, 9.17) is 9.84 Å². The maximum absolute atomic E-state index is 11.5. The molecule has 0 rings (SSSR count). The van der Waals surface area contributed by atoms with E-state index in [1.807, 2.05) is 27.7 Å². The van der Waals surface area contributed by atoms with E-state index < -0.39 is 11.7 Å². The van der Waals surface area contributed by atoms with Crippen molar-refractivity contribution in [2.45, 2.75) is 45.8 Å². The zero-order valence-electron chi connectivity index (χ0n) is 10.7. The number of alkyl carbamates (subject to hydrolysis) is 1. The Morgan fingerprint density at radius 3 is 2.50 bits per heavy atom. The van der Waals surface area contributed by atoms with E-state index in [9.17, 15) is 4.79 Å². The van der Waals surface area contributed by atoms with Gasteiger partial charge in [-0.05, 0) is 33.7 Å². The SMILES string of the molecule is CCNCC(CCO)NC(=O)OC(C)(C)C. The fourth-order valence-electron chi connectivity index (χ4n) is 1.17. The van der Waals surface area contributed by atoms with Gasteiger partial charge in [0.25, 0.3) is 0 Å². The first-order chi connectivity index (χ1) is 7.39. The van der Waals surface area contributed by atoms with Crippen LogP contribution in [0.1, 0.15) is 34.1 Å². The van der Waals surface area contributed by atoms with Crippen LogP contribution in [0.2, 0.25) is 0 Å². The minimum atomic E-state index is -0.494. The van der Waals surface area contributed by atoms with Gasteiger partial charge >= 0.3 is 6.09 Å². The summed E-state index contributed by atoms with van der Waals surface area (Å²) in [6.07, 6.45) is 0.0792. The molecule has 0 aliphatic heterocycles. The number of carbonyl (C=O) groups excluding carboxylic acids is 1. The van der Waals surface area contributed by atoms with Crippen LogP contribution in [0.3, 0.4) is 0 Å². The zero-order valence-corrected chi connectivity index (χ0v) is 10.7. The minimum absolute atomic E-state index is 0.0475. The van der Waals surface area contributed by atoms with Crippen LogP contribution in [0.4, 0.5) is 4.79 Å². The third-order valence-corrected chi connectivity index (χ3v) is 1.84. The quantitative estimate of drug-likeness (QED) is 0.635. The zero-order chi connectivity index (χ0) is 12.6. The van der Waals surface area contributed by atoms with Gasteiger partial charge in [0, 0.05) is 19.2 Å². The van der Waals surface area contributed by atoms with E-state index >= 15 is 0 Å². The molecule has 0 aromatic carbocycles. The number of rotatable bonds is 6. The summed E-state index contributed by atoms with van der Waals surface area (Å²) in [7, 11) is 0. The molecule has 5 heteroatoms. The normalized spacial score (nSPS) is 13.3. The average Bonchev–Trinajstić information content (AvgIpc) is 2.11. The van der Waals surface area contributed by atoms with E-state index in [1.54, 1.807) is 0 Å². The van der Waals surface area contributed by atoms with Crippen LogP contribution < -0.4 is 10.6 Å². The first-order valence-electron chi connectivity index (χ1n) is 5.70. The van der Waals surface area contributed by atoms with Crippen molar-refractivity contribution in [2.24, 2.45) is 0 Å².